The van der Waals surface area contributed by atoms with Crippen LogP contribution >= 0.6 is 11.6 Å². The van der Waals surface area contributed by atoms with Crippen LogP contribution in [0.5, 0.6) is 5.75 Å². The van der Waals surface area contributed by atoms with Gasteiger partial charge in [-0.2, -0.15) is 0 Å². The lowest BCUT2D eigenvalue weighted by molar-refractivity contribution is 0.465. The normalized spacial score (nSPS) is 12.5. The van der Waals surface area contributed by atoms with E-state index < -0.39 is 0 Å². The number of aromatic nitrogens is 2. The van der Waals surface area contributed by atoms with Gasteiger partial charge in [-0.05, 0) is 37.3 Å². The van der Waals surface area contributed by atoms with E-state index >= 15 is 0 Å². The fourth-order valence-corrected chi connectivity index (χ4v) is 2.60. The Hall–Kier alpha value is -2.20. The average molecular weight is 302 g/mol. The summed E-state index contributed by atoms with van der Waals surface area (Å²) in [5.74, 6) is 0.973. The highest BCUT2D eigenvalue weighted by Crippen LogP contribution is 2.30. The highest BCUT2D eigenvalue weighted by atomic mass is 35.5. The first-order valence-electron chi connectivity index (χ1n) is 6.72. The first kappa shape index (κ1) is 13.8. The van der Waals surface area contributed by atoms with E-state index in [1.54, 1.807) is 18.2 Å². The number of rotatable bonds is 3. The molecular formula is C16H16ClN3O. The molecular weight excluding hydrogens is 286 g/mol. The lowest BCUT2D eigenvalue weighted by Crippen LogP contribution is -2.10. The minimum atomic E-state index is -0.112. The molecule has 1 aromatic heterocycles. The van der Waals surface area contributed by atoms with Crippen LogP contribution in [0.15, 0.2) is 42.5 Å². The summed E-state index contributed by atoms with van der Waals surface area (Å²) in [6, 6.07) is 12.9. The number of aryl methyl sites for hydroxylation is 1. The van der Waals surface area contributed by atoms with Crippen molar-refractivity contribution >= 4 is 28.6 Å². The van der Waals surface area contributed by atoms with Crippen molar-refractivity contribution in [2.24, 2.45) is 7.05 Å². The first-order valence-corrected chi connectivity index (χ1v) is 7.10. The van der Waals surface area contributed by atoms with Gasteiger partial charge in [0.1, 0.15) is 5.75 Å². The molecule has 21 heavy (non-hydrogen) atoms. The molecule has 5 heteroatoms. The summed E-state index contributed by atoms with van der Waals surface area (Å²) in [6.07, 6.45) is 0. The van der Waals surface area contributed by atoms with Gasteiger partial charge in [0.25, 0.3) is 0 Å². The smallest absolute Gasteiger partial charge is 0.204 e. The molecule has 0 amide bonds. The van der Waals surface area contributed by atoms with Crippen molar-refractivity contribution in [3.05, 3.63) is 53.1 Å². The number of benzene rings is 2. The van der Waals surface area contributed by atoms with E-state index in [1.807, 2.05) is 42.8 Å². The summed E-state index contributed by atoms with van der Waals surface area (Å²) in [7, 11) is 1.96. The van der Waals surface area contributed by atoms with Gasteiger partial charge >= 0.3 is 0 Å². The van der Waals surface area contributed by atoms with Gasteiger partial charge in [-0.3, -0.25) is 0 Å². The molecule has 3 aromatic rings. The second kappa shape index (κ2) is 5.30. The number of phenols is 1. The van der Waals surface area contributed by atoms with E-state index in [-0.39, 0.29) is 11.8 Å². The summed E-state index contributed by atoms with van der Waals surface area (Å²) < 4.78 is 1.99. The maximum atomic E-state index is 9.97. The summed E-state index contributed by atoms with van der Waals surface area (Å²) in [4.78, 5) is 4.57. The minimum absolute atomic E-state index is 0.112. The van der Waals surface area contributed by atoms with Gasteiger partial charge in [0.15, 0.2) is 0 Å². The summed E-state index contributed by atoms with van der Waals surface area (Å²) in [5, 5.41) is 13.9. The quantitative estimate of drug-likeness (QED) is 0.765. The third-order valence-electron chi connectivity index (χ3n) is 3.59. The molecule has 0 aliphatic rings. The van der Waals surface area contributed by atoms with E-state index in [2.05, 4.69) is 10.3 Å². The van der Waals surface area contributed by atoms with Crippen LogP contribution in [0.2, 0.25) is 5.02 Å². The Kier molecular flexibility index (Phi) is 3.47. The number of imidazole rings is 1. The zero-order valence-electron chi connectivity index (χ0n) is 11.8. The van der Waals surface area contributed by atoms with Crippen molar-refractivity contribution in [1.82, 2.24) is 9.55 Å². The third-order valence-corrected chi connectivity index (χ3v) is 3.82. The molecule has 4 nitrogen and oxygen atoms in total. The Balaban J connectivity index is 1.94. The fraction of sp³-hybridized carbons (Fsp3) is 0.188. The zero-order valence-corrected chi connectivity index (χ0v) is 12.6. The highest BCUT2D eigenvalue weighted by Gasteiger charge is 2.14. The van der Waals surface area contributed by atoms with Gasteiger partial charge in [-0.15, -0.1) is 0 Å². The average Bonchev–Trinajstić information content (AvgIpc) is 2.78. The molecule has 1 heterocycles. The van der Waals surface area contributed by atoms with E-state index in [9.17, 15) is 5.11 Å². The van der Waals surface area contributed by atoms with Gasteiger partial charge in [0.05, 0.1) is 17.1 Å². The fourth-order valence-electron chi connectivity index (χ4n) is 2.42. The molecule has 108 valence electrons. The molecule has 0 spiro atoms. The molecule has 0 unspecified atom stereocenters. The number of hydrogen-bond acceptors (Lipinski definition) is 3. The standard InChI is InChI=1S/C16H16ClN3O/c1-10(12-9-11(17)7-8-15(12)21)18-16-19-13-5-3-4-6-14(13)20(16)2/h3-10,21H,1-2H3,(H,18,19)/t10-/m0/s1. The van der Waals surface area contributed by atoms with Crippen LogP contribution < -0.4 is 5.32 Å². The molecule has 0 radical (unpaired) electrons. The third kappa shape index (κ3) is 2.54. The Morgan fingerprint density at radius 1 is 1.24 bits per heavy atom. The SMILES string of the molecule is C[C@H](Nc1nc2ccccc2n1C)c1cc(Cl)ccc1O. The van der Waals surface area contributed by atoms with Crippen molar-refractivity contribution in [2.75, 3.05) is 5.32 Å². The molecule has 0 saturated carbocycles. The second-order valence-electron chi connectivity index (χ2n) is 5.05. The maximum Gasteiger partial charge on any atom is 0.204 e. The van der Waals surface area contributed by atoms with Crippen LogP contribution in [0.3, 0.4) is 0 Å². The topological polar surface area (TPSA) is 50.1 Å². The number of nitrogens with zero attached hydrogens (tertiary/aromatic N) is 2. The number of nitrogens with one attached hydrogen (secondary N) is 1. The van der Waals surface area contributed by atoms with Gasteiger partial charge in [0.2, 0.25) is 5.95 Å². The Morgan fingerprint density at radius 2 is 2.00 bits per heavy atom. The van der Waals surface area contributed by atoms with E-state index in [1.165, 1.54) is 0 Å². The molecule has 0 saturated heterocycles. The largest absolute Gasteiger partial charge is 0.508 e. The van der Waals surface area contributed by atoms with Crippen LogP contribution in [0.25, 0.3) is 11.0 Å². The van der Waals surface area contributed by atoms with Crippen LogP contribution in [0.1, 0.15) is 18.5 Å². The van der Waals surface area contributed by atoms with Crippen molar-refractivity contribution < 1.29 is 5.11 Å². The second-order valence-corrected chi connectivity index (χ2v) is 5.49. The number of phenolic OH excluding ortho intramolecular Hbond substituents is 1. The number of anilines is 1. The zero-order chi connectivity index (χ0) is 15.0. The van der Waals surface area contributed by atoms with Crippen molar-refractivity contribution in [3.63, 3.8) is 0 Å². The van der Waals surface area contributed by atoms with E-state index in [0.717, 1.165) is 22.5 Å². The first-order chi connectivity index (χ1) is 10.1. The number of halogens is 1. The van der Waals surface area contributed by atoms with Crippen LogP contribution in [-0.4, -0.2) is 14.7 Å². The van der Waals surface area contributed by atoms with Crippen LogP contribution in [-0.2, 0) is 7.05 Å². The predicted octanol–water partition coefficient (Wildman–Crippen LogP) is 4.11. The van der Waals surface area contributed by atoms with Gasteiger partial charge in [-0.25, -0.2) is 4.98 Å². The highest BCUT2D eigenvalue weighted by molar-refractivity contribution is 6.30. The van der Waals surface area contributed by atoms with Crippen molar-refractivity contribution in [3.8, 4) is 5.75 Å². The van der Waals surface area contributed by atoms with E-state index in [4.69, 9.17) is 11.6 Å². The Labute approximate surface area is 128 Å². The summed E-state index contributed by atoms with van der Waals surface area (Å²) in [5.41, 5.74) is 2.74. The molecule has 0 aliphatic carbocycles. The number of fused-ring (bicyclic) bond motifs is 1. The molecule has 0 aliphatic heterocycles. The Morgan fingerprint density at radius 3 is 2.76 bits per heavy atom. The van der Waals surface area contributed by atoms with Gasteiger partial charge in [-0.1, -0.05) is 23.7 Å². The molecule has 3 rings (SSSR count). The van der Waals surface area contributed by atoms with Crippen molar-refractivity contribution in [2.45, 2.75) is 13.0 Å². The van der Waals surface area contributed by atoms with Gasteiger partial charge in [0, 0.05) is 17.6 Å². The lowest BCUT2D eigenvalue weighted by atomic mass is 10.1. The Bertz CT molecular complexity index is 797. The number of aromatic hydroxyl groups is 1. The molecule has 2 aromatic carbocycles. The summed E-state index contributed by atoms with van der Waals surface area (Å²) >= 11 is 6.00. The van der Waals surface area contributed by atoms with E-state index in [0.29, 0.717) is 5.02 Å². The van der Waals surface area contributed by atoms with Gasteiger partial charge < -0.3 is 15.0 Å². The molecule has 0 fully saturated rings. The monoisotopic (exact) mass is 301 g/mol. The summed E-state index contributed by atoms with van der Waals surface area (Å²) in [6.45, 7) is 1.96. The predicted molar refractivity (Wildman–Crippen MR) is 85.9 cm³/mol. The van der Waals surface area contributed by atoms with Crippen LogP contribution in [0.4, 0.5) is 5.95 Å². The molecule has 0 bridgehead atoms. The maximum absolute atomic E-state index is 9.97. The molecule has 1 atom stereocenters. The molecule has 2 N–H and O–H groups in total. The van der Waals surface area contributed by atoms with Crippen LogP contribution in [0, 0.1) is 0 Å². The van der Waals surface area contributed by atoms with Crippen molar-refractivity contribution in [1.29, 1.82) is 0 Å². The number of para-hydroxylation sites is 2. The minimum Gasteiger partial charge on any atom is -0.508 e. The lowest BCUT2D eigenvalue weighted by Gasteiger charge is -2.16. The number of hydrogen-bond donors (Lipinski definition) is 2.